The van der Waals surface area contributed by atoms with E-state index in [1.54, 1.807) is 36.4 Å². The Morgan fingerprint density at radius 1 is 0.725 bits per heavy atom. The molecule has 0 bridgehead atoms. The number of halogens is 2. The minimum Gasteiger partial charge on any atom is -0.490 e. The van der Waals surface area contributed by atoms with Crippen molar-refractivity contribution in [3.8, 4) is 5.75 Å². The molecule has 4 N–H and O–H groups in total. The fourth-order valence-corrected chi connectivity index (χ4v) is 11.5. The van der Waals surface area contributed by atoms with Crippen LogP contribution in [0.5, 0.6) is 5.75 Å². The van der Waals surface area contributed by atoms with E-state index in [4.69, 9.17) is 4.74 Å². The summed E-state index contributed by atoms with van der Waals surface area (Å²) >= 11 is 0. The topological polar surface area (TPSA) is 233 Å². The van der Waals surface area contributed by atoms with Gasteiger partial charge in [0.1, 0.15) is 12.4 Å². The number of rotatable bonds is 20. The van der Waals surface area contributed by atoms with E-state index in [-0.39, 0.29) is 59.2 Å². The Morgan fingerprint density at radius 3 is 1.97 bits per heavy atom. The predicted molar refractivity (Wildman–Crippen MR) is 260 cm³/mol. The molecule has 0 spiro atoms. The van der Waals surface area contributed by atoms with E-state index in [0.717, 1.165) is 12.5 Å². The molecular formula is C48H59F2N2O13S4+. The highest BCUT2D eigenvalue weighted by Gasteiger charge is 2.45. The van der Waals surface area contributed by atoms with Crippen molar-refractivity contribution >= 4 is 63.1 Å². The molecule has 2 aliphatic heterocycles. The van der Waals surface area contributed by atoms with Crippen molar-refractivity contribution in [1.29, 1.82) is 0 Å². The third-order valence-corrected chi connectivity index (χ3v) is 16.2. The van der Waals surface area contributed by atoms with Gasteiger partial charge in [-0.15, -0.1) is 0 Å². The number of benzene rings is 3. The van der Waals surface area contributed by atoms with Crippen molar-refractivity contribution in [2.24, 2.45) is 0 Å². The molecule has 1 aliphatic carbocycles. The van der Waals surface area contributed by atoms with E-state index >= 15 is 8.78 Å². The quantitative estimate of drug-likeness (QED) is 0.0470. The predicted octanol–water partition coefficient (Wildman–Crippen LogP) is 9.15. The van der Waals surface area contributed by atoms with Gasteiger partial charge in [0.15, 0.2) is 17.3 Å². The number of nitrogens with zero attached hydrogens (tertiary/aromatic N) is 2. The van der Waals surface area contributed by atoms with Crippen LogP contribution in [-0.2, 0) is 51.3 Å². The van der Waals surface area contributed by atoms with Crippen LogP contribution in [0.1, 0.15) is 109 Å². The molecule has 3 aromatic rings. The van der Waals surface area contributed by atoms with Crippen molar-refractivity contribution in [3.05, 3.63) is 118 Å². The molecule has 2 heterocycles. The second-order valence-corrected chi connectivity index (χ2v) is 24.5. The molecular weight excluding hydrogens is 979 g/mol. The number of ether oxygens (including phenoxy) is 1. The molecule has 6 rings (SSSR count). The normalized spacial score (nSPS) is 18.5. The summed E-state index contributed by atoms with van der Waals surface area (Å²) in [6, 6.07) is 10.7. The zero-order valence-corrected chi connectivity index (χ0v) is 42.3. The second-order valence-electron chi connectivity index (χ2n) is 18.5. The maximum atomic E-state index is 16.9. The number of anilines is 1. The first-order valence-corrected chi connectivity index (χ1v) is 28.7. The lowest BCUT2D eigenvalue weighted by atomic mass is 9.79. The van der Waals surface area contributed by atoms with Gasteiger partial charge in [0.2, 0.25) is 5.69 Å². The van der Waals surface area contributed by atoms with Crippen molar-refractivity contribution in [2.75, 3.05) is 36.1 Å². The summed E-state index contributed by atoms with van der Waals surface area (Å²) < 4.78 is 175. The average molecular weight is 1040 g/mol. The van der Waals surface area contributed by atoms with Crippen LogP contribution in [-0.4, -0.2) is 93.4 Å². The number of allylic oxidation sites excluding steroid dienone is 8. The maximum Gasteiger partial charge on any atom is 0.294 e. The first-order valence-electron chi connectivity index (χ1n) is 22.6. The van der Waals surface area contributed by atoms with Crippen molar-refractivity contribution in [3.63, 3.8) is 0 Å². The van der Waals surface area contributed by atoms with E-state index in [1.807, 2.05) is 44.1 Å². The summed E-state index contributed by atoms with van der Waals surface area (Å²) in [5, 5.41) is 0. The maximum absolute atomic E-state index is 16.9. The molecule has 0 saturated carbocycles. The Balaban J connectivity index is 1.55. The van der Waals surface area contributed by atoms with Crippen LogP contribution in [0.15, 0.2) is 99.5 Å². The molecule has 0 saturated heterocycles. The van der Waals surface area contributed by atoms with Crippen LogP contribution in [0.2, 0.25) is 0 Å². The van der Waals surface area contributed by atoms with Crippen LogP contribution >= 0.6 is 0 Å². The van der Waals surface area contributed by atoms with Gasteiger partial charge in [-0.25, -0.2) is 8.78 Å². The lowest BCUT2D eigenvalue weighted by Gasteiger charge is -2.28. The summed E-state index contributed by atoms with van der Waals surface area (Å²) in [7, 11) is -17.7. The molecule has 0 atom stereocenters. The van der Waals surface area contributed by atoms with Gasteiger partial charge in [0.05, 0.1) is 38.9 Å². The van der Waals surface area contributed by atoms with Crippen molar-refractivity contribution in [1.82, 2.24) is 0 Å². The Hall–Kier alpha value is -4.61. The number of fused-ring (bicyclic) bond motifs is 2. The van der Waals surface area contributed by atoms with Gasteiger partial charge >= 0.3 is 0 Å². The van der Waals surface area contributed by atoms with Crippen molar-refractivity contribution in [2.45, 2.75) is 113 Å². The summed E-state index contributed by atoms with van der Waals surface area (Å²) in [6.07, 6.45) is 10.5. The summed E-state index contributed by atoms with van der Waals surface area (Å²) in [6.45, 7) is 9.97. The summed E-state index contributed by atoms with van der Waals surface area (Å²) in [5.74, 6) is -2.89. The van der Waals surface area contributed by atoms with Crippen molar-refractivity contribution < 1.29 is 70.0 Å². The lowest BCUT2D eigenvalue weighted by Crippen LogP contribution is -2.28. The number of hydrogen-bond donors (Lipinski definition) is 4. The van der Waals surface area contributed by atoms with Gasteiger partial charge in [-0.3, -0.25) is 18.2 Å². The molecule has 3 aromatic carbocycles. The van der Waals surface area contributed by atoms with E-state index in [0.29, 0.717) is 83.6 Å². The van der Waals surface area contributed by atoms with Gasteiger partial charge in [0.25, 0.3) is 40.5 Å². The van der Waals surface area contributed by atoms with E-state index in [9.17, 15) is 51.9 Å². The molecule has 0 fully saturated rings. The monoisotopic (exact) mass is 1040 g/mol. The molecule has 3 aliphatic rings. The van der Waals surface area contributed by atoms with Gasteiger partial charge in [0, 0.05) is 47.5 Å². The molecule has 376 valence electrons. The first kappa shape index (κ1) is 53.7. The Morgan fingerprint density at radius 2 is 1.35 bits per heavy atom. The van der Waals surface area contributed by atoms with E-state index < -0.39 is 74.4 Å². The Bertz CT molecular complexity index is 3140. The SMILES string of the molecule is CCCCOc1ccc(F)c(C2=C(/C=C/C3=[N+](CCCCS(=O)(=O)O)c4ccc(S(=O)(=O)O)cc4C3(C)C)CCC/C2=C\C=C2\N(CCCCS(=O)(=O)O)c3ccc(S(=O)(=O)O)cc3C2(C)C)c1F. The van der Waals surface area contributed by atoms with Gasteiger partial charge in [-0.2, -0.15) is 38.2 Å². The van der Waals surface area contributed by atoms with Crippen LogP contribution < -0.4 is 9.64 Å². The highest BCUT2D eigenvalue weighted by Crippen LogP contribution is 2.50. The molecule has 15 nitrogen and oxygen atoms in total. The lowest BCUT2D eigenvalue weighted by molar-refractivity contribution is -0.438. The molecule has 69 heavy (non-hydrogen) atoms. The highest BCUT2D eigenvalue weighted by molar-refractivity contribution is 7.86. The standard InChI is InChI=1S/C48H58F2N2O13S4/c1-6-7-27-65-41-22-19-38(49)45(46(41)50)44-32(15-23-42-47(2,3)36-30-34(68(59,60)61)17-20-39(36)51(42)25-8-10-28-66(53,54)55)13-12-14-33(44)16-24-43-48(4,5)37-31-35(69(62,63)64)18-21-40(37)52(43)26-9-11-29-67(56,57)58/h15-24,30-31H,6-14,25-29H2,1-5H3,(H3-,53,54,55,56,57,58,59,60,61,62,63,64)/p+1. The summed E-state index contributed by atoms with van der Waals surface area (Å²) in [5.41, 5.74) is 2.62. The van der Waals surface area contributed by atoms with Gasteiger partial charge in [-0.1, -0.05) is 39.3 Å². The smallest absolute Gasteiger partial charge is 0.294 e. The molecule has 0 aromatic heterocycles. The minimum absolute atomic E-state index is 0.102. The number of unbranched alkanes of at least 4 members (excludes halogenated alkanes) is 3. The van der Waals surface area contributed by atoms with Gasteiger partial charge < -0.3 is 9.64 Å². The van der Waals surface area contributed by atoms with Gasteiger partial charge in [-0.05, 0) is 130 Å². The summed E-state index contributed by atoms with van der Waals surface area (Å²) in [4.78, 5) is 1.22. The highest BCUT2D eigenvalue weighted by atomic mass is 32.2. The molecule has 0 unspecified atom stereocenters. The van der Waals surface area contributed by atoms with Crippen LogP contribution in [0, 0.1) is 11.6 Å². The zero-order valence-electron chi connectivity index (χ0n) is 39.1. The third-order valence-electron chi connectivity index (χ3n) is 12.9. The van der Waals surface area contributed by atoms with Crippen LogP contribution in [0.4, 0.5) is 20.2 Å². The number of hydrogen-bond acceptors (Lipinski definition) is 10. The fourth-order valence-electron chi connectivity index (χ4n) is 9.36. The Kier molecular flexibility index (Phi) is 16.1. The second kappa shape index (κ2) is 20.6. The molecule has 0 amide bonds. The van der Waals surface area contributed by atoms with E-state index in [2.05, 4.69) is 0 Å². The van der Waals surface area contributed by atoms with Crippen LogP contribution in [0.3, 0.4) is 0 Å². The van der Waals surface area contributed by atoms with Crippen LogP contribution in [0.25, 0.3) is 5.57 Å². The fraction of sp³-hybridized carbons (Fsp3) is 0.438. The minimum atomic E-state index is -4.61. The zero-order chi connectivity index (χ0) is 50.9. The Labute approximate surface area is 404 Å². The first-order chi connectivity index (χ1) is 32.1. The largest absolute Gasteiger partial charge is 0.490 e. The molecule has 21 heteroatoms. The van der Waals surface area contributed by atoms with E-state index in [1.165, 1.54) is 30.3 Å². The third kappa shape index (κ3) is 12.3. The average Bonchev–Trinajstić information content (AvgIpc) is 3.59. The molecule has 0 radical (unpaired) electrons.